The first-order valence-electron chi connectivity index (χ1n) is 7.51. The zero-order chi connectivity index (χ0) is 19.1. The summed E-state index contributed by atoms with van der Waals surface area (Å²) in [6, 6.07) is 6.82. The van der Waals surface area contributed by atoms with Crippen molar-refractivity contribution in [2.75, 3.05) is 27.2 Å². The summed E-state index contributed by atoms with van der Waals surface area (Å²) in [5.41, 5.74) is 0.693. The second kappa shape index (κ2) is 8.90. The fourth-order valence-corrected chi connectivity index (χ4v) is 1.84. The van der Waals surface area contributed by atoms with Crippen molar-refractivity contribution >= 4 is 29.4 Å². The minimum atomic E-state index is -0.709. The Morgan fingerprint density at radius 2 is 1.92 bits per heavy atom. The predicted molar refractivity (Wildman–Crippen MR) is 90.9 cm³/mol. The van der Waals surface area contributed by atoms with Crippen LogP contribution in [-0.4, -0.2) is 70.1 Å². The van der Waals surface area contributed by atoms with Crippen LogP contribution in [-0.2, 0) is 25.7 Å². The number of esters is 1. The van der Waals surface area contributed by atoms with E-state index in [-0.39, 0.29) is 19.0 Å². The lowest BCUT2D eigenvalue weighted by atomic mass is 10.2. The minimum Gasteiger partial charge on any atom is -0.454 e. The molecule has 0 aliphatic rings. The topological polar surface area (TPSA) is 119 Å². The van der Waals surface area contributed by atoms with E-state index in [0.717, 1.165) is 4.80 Å². The molecule has 1 heterocycles. The maximum atomic E-state index is 11.7. The summed E-state index contributed by atoms with van der Waals surface area (Å²) in [7, 11) is 3.13. The molecule has 138 valence electrons. The first kappa shape index (κ1) is 19.3. The van der Waals surface area contributed by atoms with E-state index in [1.165, 1.54) is 4.90 Å². The molecule has 0 unspecified atom stereocenters. The number of carbonyl (C=O) groups excluding carboxylic acids is 3. The number of hydrogen-bond acceptors (Lipinski definition) is 7. The number of halogens is 1. The van der Waals surface area contributed by atoms with E-state index in [0.29, 0.717) is 16.4 Å². The quantitative estimate of drug-likeness (QED) is 0.657. The summed E-state index contributed by atoms with van der Waals surface area (Å²) >= 11 is 5.81. The van der Waals surface area contributed by atoms with Crippen LogP contribution in [0.4, 0.5) is 0 Å². The number of amides is 2. The Balaban J connectivity index is 1.78. The summed E-state index contributed by atoms with van der Waals surface area (Å²) in [5.74, 6) is -1.23. The summed E-state index contributed by atoms with van der Waals surface area (Å²) < 4.78 is 4.81. The third kappa shape index (κ3) is 5.81. The minimum absolute atomic E-state index is 0.168. The van der Waals surface area contributed by atoms with Crippen molar-refractivity contribution < 1.29 is 19.1 Å². The van der Waals surface area contributed by atoms with Gasteiger partial charge in [-0.2, -0.15) is 4.80 Å². The van der Waals surface area contributed by atoms with Crippen LogP contribution in [0.5, 0.6) is 0 Å². The van der Waals surface area contributed by atoms with Crippen molar-refractivity contribution in [1.29, 1.82) is 0 Å². The van der Waals surface area contributed by atoms with Crippen molar-refractivity contribution in [3.63, 3.8) is 0 Å². The number of nitrogens with one attached hydrogen (secondary N) is 1. The Hall–Kier alpha value is -3.01. The molecule has 0 saturated carbocycles. The molecular formula is C15H17ClN6O4. The highest BCUT2D eigenvalue weighted by molar-refractivity contribution is 6.30. The lowest BCUT2D eigenvalue weighted by Crippen LogP contribution is -2.38. The lowest BCUT2D eigenvalue weighted by Gasteiger charge is -2.10. The van der Waals surface area contributed by atoms with Crippen molar-refractivity contribution in [1.82, 2.24) is 30.4 Å². The van der Waals surface area contributed by atoms with Crippen LogP contribution in [0.2, 0.25) is 5.02 Å². The summed E-state index contributed by atoms with van der Waals surface area (Å²) in [6.07, 6.45) is 0. The standard InChI is InChI=1S/C15H17ClN6O4/c1-21(2)13(24)7-17-12(23)9-26-14(25)8-22-19-15(18-20-22)10-3-5-11(16)6-4-10/h3-6H,7-9H2,1-2H3,(H,17,23). The molecule has 2 aromatic rings. The Kier molecular flexibility index (Phi) is 6.61. The fraction of sp³-hybridized carbons (Fsp3) is 0.333. The van der Waals surface area contributed by atoms with E-state index >= 15 is 0 Å². The van der Waals surface area contributed by atoms with Gasteiger partial charge in [-0.3, -0.25) is 9.59 Å². The smallest absolute Gasteiger partial charge is 0.330 e. The van der Waals surface area contributed by atoms with E-state index in [4.69, 9.17) is 16.3 Å². The Morgan fingerprint density at radius 1 is 1.23 bits per heavy atom. The van der Waals surface area contributed by atoms with Crippen molar-refractivity contribution in [2.24, 2.45) is 0 Å². The van der Waals surface area contributed by atoms with Gasteiger partial charge in [0.25, 0.3) is 5.91 Å². The number of rotatable bonds is 7. The maximum absolute atomic E-state index is 11.7. The first-order chi connectivity index (χ1) is 12.3. The molecule has 0 spiro atoms. The van der Waals surface area contributed by atoms with Crippen molar-refractivity contribution in [2.45, 2.75) is 6.54 Å². The number of likely N-dealkylation sites (N-methyl/N-ethyl adjacent to an activating group) is 1. The predicted octanol–water partition coefficient (Wildman–Crippen LogP) is -0.259. The van der Waals surface area contributed by atoms with Crippen LogP contribution in [0, 0.1) is 0 Å². The molecule has 0 radical (unpaired) electrons. The molecule has 0 bridgehead atoms. The van der Waals surface area contributed by atoms with Crippen LogP contribution in [0.3, 0.4) is 0 Å². The summed E-state index contributed by atoms with van der Waals surface area (Å²) in [5, 5.41) is 14.6. The molecule has 26 heavy (non-hydrogen) atoms. The number of benzene rings is 1. The van der Waals surface area contributed by atoms with E-state index in [1.807, 2.05) is 0 Å². The van der Waals surface area contributed by atoms with Gasteiger partial charge in [-0.15, -0.1) is 10.2 Å². The van der Waals surface area contributed by atoms with Gasteiger partial charge >= 0.3 is 5.97 Å². The number of ether oxygens (including phenoxy) is 1. The summed E-state index contributed by atoms with van der Waals surface area (Å²) in [4.78, 5) is 37.0. The van der Waals surface area contributed by atoms with Gasteiger partial charge in [0.2, 0.25) is 11.7 Å². The van der Waals surface area contributed by atoms with Gasteiger partial charge in [-0.25, -0.2) is 4.79 Å². The monoisotopic (exact) mass is 380 g/mol. The fourth-order valence-electron chi connectivity index (χ4n) is 1.72. The van der Waals surface area contributed by atoms with Gasteiger partial charge in [0.05, 0.1) is 6.54 Å². The Morgan fingerprint density at radius 3 is 2.58 bits per heavy atom. The van der Waals surface area contributed by atoms with Crippen LogP contribution >= 0.6 is 11.6 Å². The van der Waals surface area contributed by atoms with Gasteiger partial charge < -0.3 is 15.0 Å². The third-order valence-electron chi connectivity index (χ3n) is 3.13. The van der Waals surface area contributed by atoms with Crippen LogP contribution < -0.4 is 5.32 Å². The number of carbonyl (C=O) groups is 3. The van der Waals surface area contributed by atoms with Gasteiger partial charge in [0.15, 0.2) is 13.2 Å². The van der Waals surface area contributed by atoms with Crippen LogP contribution in [0.15, 0.2) is 24.3 Å². The lowest BCUT2D eigenvalue weighted by molar-refractivity contribution is -0.149. The molecule has 0 saturated heterocycles. The van der Waals surface area contributed by atoms with E-state index in [9.17, 15) is 14.4 Å². The SMILES string of the molecule is CN(C)C(=O)CNC(=O)COC(=O)Cn1nnc(-c2ccc(Cl)cc2)n1. The number of hydrogen-bond donors (Lipinski definition) is 1. The van der Waals surface area contributed by atoms with E-state index in [2.05, 4.69) is 20.7 Å². The second-order valence-electron chi connectivity index (χ2n) is 5.38. The van der Waals surface area contributed by atoms with Gasteiger partial charge in [0.1, 0.15) is 0 Å². The Labute approximate surface area is 154 Å². The maximum Gasteiger partial charge on any atom is 0.330 e. The largest absolute Gasteiger partial charge is 0.454 e. The molecule has 1 aromatic heterocycles. The average molecular weight is 381 g/mol. The Bertz CT molecular complexity index is 790. The van der Waals surface area contributed by atoms with Crippen LogP contribution in [0.25, 0.3) is 11.4 Å². The molecule has 2 rings (SSSR count). The average Bonchev–Trinajstić information content (AvgIpc) is 3.06. The highest BCUT2D eigenvalue weighted by Crippen LogP contribution is 2.16. The second-order valence-corrected chi connectivity index (χ2v) is 5.81. The van der Waals surface area contributed by atoms with E-state index in [1.54, 1.807) is 38.4 Å². The summed E-state index contributed by atoms with van der Waals surface area (Å²) in [6.45, 7) is -0.971. The van der Waals surface area contributed by atoms with Gasteiger partial charge in [-0.1, -0.05) is 11.6 Å². The third-order valence-corrected chi connectivity index (χ3v) is 3.38. The van der Waals surface area contributed by atoms with Crippen LogP contribution in [0.1, 0.15) is 0 Å². The molecule has 0 aliphatic carbocycles. The molecular weight excluding hydrogens is 364 g/mol. The molecule has 1 aromatic carbocycles. The van der Waals surface area contributed by atoms with Gasteiger partial charge in [-0.05, 0) is 29.5 Å². The van der Waals surface area contributed by atoms with Gasteiger partial charge in [0, 0.05) is 24.7 Å². The van der Waals surface area contributed by atoms with Crippen molar-refractivity contribution in [3.8, 4) is 11.4 Å². The number of tetrazole rings is 1. The molecule has 0 atom stereocenters. The molecule has 1 N–H and O–H groups in total. The molecule has 10 nitrogen and oxygen atoms in total. The molecule has 2 amide bonds. The zero-order valence-electron chi connectivity index (χ0n) is 14.2. The normalized spacial score (nSPS) is 10.3. The molecule has 11 heteroatoms. The first-order valence-corrected chi connectivity index (χ1v) is 7.89. The molecule has 0 fully saturated rings. The number of nitrogens with zero attached hydrogens (tertiary/aromatic N) is 5. The van der Waals surface area contributed by atoms with E-state index < -0.39 is 18.5 Å². The van der Waals surface area contributed by atoms with Crippen molar-refractivity contribution in [3.05, 3.63) is 29.3 Å². The molecule has 0 aliphatic heterocycles. The zero-order valence-corrected chi connectivity index (χ0v) is 14.9. The highest BCUT2D eigenvalue weighted by atomic mass is 35.5. The highest BCUT2D eigenvalue weighted by Gasteiger charge is 2.13. The number of aromatic nitrogens is 4.